The van der Waals surface area contributed by atoms with Gasteiger partial charge in [-0.05, 0) is 50.8 Å². The van der Waals surface area contributed by atoms with Crippen LogP contribution in [0.5, 0.6) is 0 Å². The minimum absolute atomic E-state index is 0.0363. The van der Waals surface area contributed by atoms with Crippen molar-refractivity contribution in [1.29, 1.82) is 0 Å². The van der Waals surface area contributed by atoms with E-state index in [1.807, 2.05) is 6.92 Å². The molecule has 7 atom stereocenters. The average molecular weight is 499 g/mol. The van der Waals surface area contributed by atoms with Crippen LogP contribution < -0.4 is 0 Å². The minimum Gasteiger partial charge on any atom is -0.458 e. The summed E-state index contributed by atoms with van der Waals surface area (Å²) >= 11 is 0. The van der Waals surface area contributed by atoms with Crippen LogP contribution in [0, 0.1) is 23.2 Å². The number of benzene rings is 1. The summed E-state index contributed by atoms with van der Waals surface area (Å²) in [5.74, 6) is -2.70. The lowest BCUT2D eigenvalue weighted by molar-refractivity contribution is -0.146. The normalized spacial score (nSPS) is 34.6. The molecule has 2 aliphatic carbocycles. The number of aliphatic hydroxyl groups excluding tert-OH is 1. The maximum absolute atomic E-state index is 13.1. The van der Waals surface area contributed by atoms with Crippen LogP contribution in [-0.4, -0.2) is 51.8 Å². The Labute approximate surface area is 213 Å². The number of carbonyl (C=O) groups is 3. The third kappa shape index (κ3) is 5.79. The van der Waals surface area contributed by atoms with Gasteiger partial charge in [0.05, 0.1) is 11.7 Å². The molecular formula is C29H38O7. The Kier molecular flexibility index (Phi) is 8.26. The third-order valence-electron chi connectivity index (χ3n) is 7.57. The van der Waals surface area contributed by atoms with Gasteiger partial charge in [0, 0.05) is 30.6 Å². The largest absolute Gasteiger partial charge is 0.458 e. The Morgan fingerprint density at radius 2 is 1.72 bits per heavy atom. The highest BCUT2D eigenvalue weighted by Crippen LogP contribution is 2.47. The molecule has 36 heavy (non-hydrogen) atoms. The second kappa shape index (κ2) is 10.7. The molecule has 0 amide bonds. The average Bonchev–Trinajstić information content (AvgIpc) is 3.05. The third-order valence-corrected chi connectivity index (χ3v) is 7.57. The van der Waals surface area contributed by atoms with Gasteiger partial charge in [-0.3, -0.25) is 9.59 Å². The molecule has 0 saturated heterocycles. The van der Waals surface area contributed by atoms with Gasteiger partial charge in [-0.25, -0.2) is 4.79 Å². The van der Waals surface area contributed by atoms with E-state index in [0.29, 0.717) is 11.1 Å². The topological polar surface area (TPSA) is 110 Å². The number of allylic oxidation sites excluding steroid dienone is 1. The van der Waals surface area contributed by atoms with Crippen LogP contribution >= 0.6 is 0 Å². The van der Waals surface area contributed by atoms with Gasteiger partial charge in [0.15, 0.2) is 0 Å². The van der Waals surface area contributed by atoms with E-state index < -0.39 is 53.1 Å². The van der Waals surface area contributed by atoms with E-state index in [4.69, 9.17) is 9.47 Å². The van der Waals surface area contributed by atoms with Gasteiger partial charge in [-0.2, -0.15) is 0 Å². The van der Waals surface area contributed by atoms with E-state index in [2.05, 4.69) is 0 Å². The predicted octanol–water partition coefficient (Wildman–Crippen LogP) is 4.03. The summed E-state index contributed by atoms with van der Waals surface area (Å²) in [5, 5.41) is 23.3. The summed E-state index contributed by atoms with van der Waals surface area (Å²) in [5.41, 5.74) is -1.53. The summed E-state index contributed by atoms with van der Waals surface area (Å²) in [7, 11) is 0. The quantitative estimate of drug-likeness (QED) is 0.478. The highest BCUT2D eigenvalue weighted by Gasteiger charge is 2.57. The number of fused-ring (bicyclic) bond motifs is 1. The van der Waals surface area contributed by atoms with E-state index in [0.717, 1.165) is 0 Å². The summed E-state index contributed by atoms with van der Waals surface area (Å²) in [6.45, 7) is 10.2. The Morgan fingerprint density at radius 1 is 1.08 bits per heavy atom. The van der Waals surface area contributed by atoms with E-state index in [1.54, 1.807) is 76.3 Å². The first kappa shape index (κ1) is 27.8. The lowest BCUT2D eigenvalue weighted by Gasteiger charge is -2.38. The minimum atomic E-state index is -1.61. The number of carbonyl (C=O) groups excluding carboxylic acids is 3. The van der Waals surface area contributed by atoms with E-state index in [-0.39, 0.29) is 24.5 Å². The number of Topliss-reactive ketones (excluding diaryl/α,β-unsaturated/α-hetero) is 1. The fraction of sp³-hybridized carbons (Fsp3) is 0.552. The van der Waals surface area contributed by atoms with Crippen LogP contribution in [-0.2, 0) is 19.1 Å². The van der Waals surface area contributed by atoms with Crippen molar-refractivity contribution >= 4 is 17.7 Å². The predicted molar refractivity (Wildman–Crippen MR) is 135 cm³/mol. The summed E-state index contributed by atoms with van der Waals surface area (Å²) in [6, 6.07) is 8.59. The van der Waals surface area contributed by atoms with Gasteiger partial charge >= 0.3 is 11.9 Å². The van der Waals surface area contributed by atoms with E-state index in [1.165, 1.54) is 6.92 Å². The Morgan fingerprint density at radius 3 is 2.33 bits per heavy atom. The van der Waals surface area contributed by atoms with Crippen LogP contribution in [0.1, 0.15) is 64.7 Å². The van der Waals surface area contributed by atoms with Crippen molar-refractivity contribution in [2.24, 2.45) is 23.2 Å². The molecule has 3 rings (SSSR count). The first-order valence-electron chi connectivity index (χ1n) is 12.5. The zero-order valence-corrected chi connectivity index (χ0v) is 21.9. The van der Waals surface area contributed by atoms with Crippen LogP contribution in [0.2, 0.25) is 0 Å². The van der Waals surface area contributed by atoms with Gasteiger partial charge in [-0.15, -0.1) is 0 Å². The number of ketones is 1. The molecule has 0 unspecified atom stereocenters. The molecule has 0 heterocycles. The van der Waals surface area contributed by atoms with Gasteiger partial charge in [-0.1, -0.05) is 50.3 Å². The zero-order chi connectivity index (χ0) is 26.8. The zero-order valence-electron chi connectivity index (χ0n) is 21.9. The number of esters is 2. The first-order chi connectivity index (χ1) is 16.8. The molecule has 0 aromatic heterocycles. The highest BCUT2D eigenvalue weighted by atomic mass is 16.5. The standard InChI is InChI=1S/C29H38O7/c1-17-12-13-28(5,6)24(31)15-23(35-20(4)30)18(2)14-22-25(19(3)16-29(22,34)26(17)32)36-27(33)21-10-8-7-9-11-21/h7-14,17,19,22-23,25-26,32,34H,15-16H2,1-6H3/t17-,19-,22+,23-,25+,26-,29-/m1/s1. The van der Waals surface area contributed by atoms with Crippen molar-refractivity contribution < 1.29 is 34.1 Å². The SMILES string of the molecule is CC(=O)O[C@@H]1CC(=O)C(C)(C)C=C[C@@H](C)[C@@H](O)[C@@]2(O)C[C@@H](C)[C@H](OC(=O)c3ccccc3)[C@@H]2C=C1C. The van der Waals surface area contributed by atoms with Gasteiger partial charge < -0.3 is 19.7 Å². The maximum atomic E-state index is 13.1. The Hall–Kier alpha value is -2.77. The molecule has 2 N–H and O–H groups in total. The molecule has 2 aliphatic rings. The fourth-order valence-electron chi connectivity index (χ4n) is 5.28. The first-order valence-corrected chi connectivity index (χ1v) is 12.5. The molecule has 0 spiro atoms. The lowest BCUT2D eigenvalue weighted by atomic mass is 9.76. The molecule has 7 nitrogen and oxygen atoms in total. The van der Waals surface area contributed by atoms with Gasteiger partial charge in [0.25, 0.3) is 0 Å². The Balaban J connectivity index is 2.09. The summed E-state index contributed by atoms with van der Waals surface area (Å²) in [6.07, 6.45) is 2.58. The number of ether oxygens (including phenoxy) is 2. The van der Waals surface area contributed by atoms with Gasteiger partial charge in [0.1, 0.15) is 23.6 Å². The molecule has 1 aromatic rings. The van der Waals surface area contributed by atoms with Gasteiger partial charge in [0.2, 0.25) is 0 Å². The van der Waals surface area contributed by atoms with Crippen LogP contribution in [0.3, 0.4) is 0 Å². The Bertz CT molecular complexity index is 1040. The van der Waals surface area contributed by atoms with Crippen molar-refractivity contribution in [3.05, 3.63) is 59.7 Å². The number of hydrogen-bond acceptors (Lipinski definition) is 7. The maximum Gasteiger partial charge on any atom is 0.338 e. The molecule has 1 aromatic carbocycles. The molecule has 7 heteroatoms. The molecule has 1 saturated carbocycles. The second-order valence-electron chi connectivity index (χ2n) is 11.0. The number of aliphatic hydroxyl groups is 2. The van der Waals surface area contributed by atoms with Crippen LogP contribution in [0.25, 0.3) is 0 Å². The highest BCUT2D eigenvalue weighted by molar-refractivity contribution is 5.89. The van der Waals surface area contributed by atoms with Crippen LogP contribution in [0.15, 0.2) is 54.1 Å². The van der Waals surface area contributed by atoms with E-state index in [9.17, 15) is 24.6 Å². The van der Waals surface area contributed by atoms with Crippen molar-refractivity contribution in [2.75, 3.05) is 0 Å². The van der Waals surface area contributed by atoms with Crippen molar-refractivity contribution in [1.82, 2.24) is 0 Å². The van der Waals surface area contributed by atoms with Crippen molar-refractivity contribution in [3.8, 4) is 0 Å². The molecule has 0 bridgehead atoms. The smallest absolute Gasteiger partial charge is 0.338 e. The summed E-state index contributed by atoms with van der Waals surface area (Å²) < 4.78 is 11.4. The molecule has 0 aliphatic heterocycles. The van der Waals surface area contributed by atoms with Crippen molar-refractivity contribution in [3.63, 3.8) is 0 Å². The lowest BCUT2D eigenvalue weighted by Crippen LogP contribution is -2.50. The van der Waals surface area contributed by atoms with Crippen molar-refractivity contribution in [2.45, 2.75) is 78.3 Å². The molecule has 0 radical (unpaired) electrons. The number of rotatable bonds is 3. The molecular weight excluding hydrogens is 460 g/mol. The van der Waals surface area contributed by atoms with Crippen LogP contribution in [0.4, 0.5) is 0 Å². The van der Waals surface area contributed by atoms with E-state index >= 15 is 0 Å². The number of hydrogen-bond donors (Lipinski definition) is 2. The molecule has 1 fully saturated rings. The molecule has 196 valence electrons. The monoisotopic (exact) mass is 498 g/mol. The summed E-state index contributed by atoms with van der Waals surface area (Å²) in [4.78, 5) is 37.9. The second-order valence-corrected chi connectivity index (χ2v) is 11.0. The fourth-order valence-corrected chi connectivity index (χ4v) is 5.28.